The Balaban J connectivity index is 2.33. The summed E-state index contributed by atoms with van der Waals surface area (Å²) >= 11 is 0. The van der Waals surface area contributed by atoms with Crippen LogP contribution in [-0.4, -0.2) is 17.2 Å². The Morgan fingerprint density at radius 3 is 2.87 bits per heavy atom. The quantitative estimate of drug-likeness (QED) is 0.749. The van der Waals surface area contributed by atoms with Gasteiger partial charge in [0.25, 0.3) is 0 Å². The molecule has 0 radical (unpaired) electrons. The van der Waals surface area contributed by atoms with Crippen LogP contribution in [0.4, 0.5) is 0 Å². The molecule has 3 nitrogen and oxygen atoms in total. The van der Waals surface area contributed by atoms with Crippen LogP contribution >= 0.6 is 0 Å². The Hall–Kier alpha value is -1.26. The molecule has 0 aliphatic carbocycles. The van der Waals surface area contributed by atoms with Gasteiger partial charge >= 0.3 is 7.12 Å². The summed E-state index contributed by atoms with van der Waals surface area (Å²) in [7, 11) is -1.25. The number of rotatable bonds is 3. The fraction of sp³-hybridized carbons (Fsp3) is 0.273. The first-order valence-electron chi connectivity index (χ1n) is 5.00. The first-order valence-corrected chi connectivity index (χ1v) is 5.00. The van der Waals surface area contributed by atoms with E-state index in [0.717, 1.165) is 22.1 Å². The standard InChI is InChI=1S/C11H13BO3/c1-8-3-2-4-10-9(5-6-12(13)14)7-15-11(8)10/h2-4,7,13-14H,5-6H2,1H3. The molecule has 0 amide bonds. The smallest absolute Gasteiger partial charge is 0.451 e. The number of aryl methyl sites for hydroxylation is 2. The van der Waals surface area contributed by atoms with Crippen molar-refractivity contribution in [1.29, 1.82) is 0 Å². The Morgan fingerprint density at radius 1 is 1.33 bits per heavy atom. The SMILES string of the molecule is Cc1cccc2c(CCB(O)O)coc12. The molecule has 0 aliphatic rings. The lowest BCUT2D eigenvalue weighted by Crippen LogP contribution is -2.10. The molecular formula is C11H13BO3. The van der Waals surface area contributed by atoms with Gasteiger partial charge in [0, 0.05) is 5.39 Å². The normalized spacial score (nSPS) is 10.9. The molecule has 0 bridgehead atoms. The van der Waals surface area contributed by atoms with E-state index in [2.05, 4.69) is 0 Å². The van der Waals surface area contributed by atoms with Crippen LogP contribution in [0.3, 0.4) is 0 Å². The second kappa shape index (κ2) is 4.09. The summed E-state index contributed by atoms with van der Waals surface area (Å²) in [6.45, 7) is 2.00. The number of hydrogen-bond acceptors (Lipinski definition) is 3. The Morgan fingerprint density at radius 2 is 2.13 bits per heavy atom. The van der Waals surface area contributed by atoms with Gasteiger partial charge < -0.3 is 14.5 Å². The molecule has 78 valence electrons. The van der Waals surface area contributed by atoms with Gasteiger partial charge in [0.2, 0.25) is 0 Å². The van der Waals surface area contributed by atoms with Gasteiger partial charge in [0.15, 0.2) is 0 Å². The summed E-state index contributed by atoms with van der Waals surface area (Å²) in [5.41, 5.74) is 3.02. The first kappa shape index (κ1) is 10.3. The van der Waals surface area contributed by atoms with Gasteiger partial charge in [0.1, 0.15) is 5.58 Å². The van der Waals surface area contributed by atoms with Gasteiger partial charge in [-0.25, -0.2) is 0 Å². The monoisotopic (exact) mass is 204 g/mol. The highest BCUT2D eigenvalue weighted by atomic mass is 16.4. The van der Waals surface area contributed by atoms with Crippen LogP contribution in [0, 0.1) is 6.92 Å². The molecule has 0 fully saturated rings. The highest BCUT2D eigenvalue weighted by molar-refractivity contribution is 6.41. The fourth-order valence-electron chi connectivity index (χ4n) is 1.73. The van der Waals surface area contributed by atoms with Crippen LogP contribution in [0.1, 0.15) is 11.1 Å². The largest absolute Gasteiger partial charge is 0.464 e. The van der Waals surface area contributed by atoms with Crippen LogP contribution in [0.2, 0.25) is 6.32 Å². The molecule has 0 saturated carbocycles. The number of furan rings is 1. The molecule has 2 N–H and O–H groups in total. The number of hydrogen-bond donors (Lipinski definition) is 2. The average molecular weight is 204 g/mol. The zero-order valence-electron chi connectivity index (χ0n) is 8.60. The fourth-order valence-corrected chi connectivity index (χ4v) is 1.73. The second-order valence-corrected chi connectivity index (χ2v) is 3.73. The number of benzene rings is 1. The summed E-state index contributed by atoms with van der Waals surface area (Å²) in [6, 6.07) is 5.97. The molecule has 0 spiro atoms. The van der Waals surface area contributed by atoms with Crippen molar-refractivity contribution < 1.29 is 14.5 Å². The predicted molar refractivity (Wildman–Crippen MR) is 59.7 cm³/mol. The third kappa shape index (κ3) is 2.06. The van der Waals surface area contributed by atoms with Crippen LogP contribution in [0.25, 0.3) is 11.0 Å². The van der Waals surface area contributed by atoms with Crippen molar-refractivity contribution in [3.63, 3.8) is 0 Å². The molecule has 15 heavy (non-hydrogen) atoms. The Bertz CT molecular complexity index is 462. The summed E-state index contributed by atoms with van der Waals surface area (Å²) in [5, 5.41) is 18.7. The van der Waals surface area contributed by atoms with E-state index in [4.69, 9.17) is 14.5 Å². The van der Waals surface area contributed by atoms with E-state index in [1.165, 1.54) is 0 Å². The Kier molecular flexibility index (Phi) is 2.80. The lowest BCUT2D eigenvalue weighted by atomic mass is 9.83. The number of para-hydroxylation sites is 1. The van der Waals surface area contributed by atoms with Crippen LogP contribution in [0.5, 0.6) is 0 Å². The van der Waals surface area contributed by atoms with E-state index in [0.29, 0.717) is 12.7 Å². The molecule has 0 atom stereocenters. The molecule has 0 aliphatic heterocycles. The molecule has 2 aromatic rings. The van der Waals surface area contributed by atoms with E-state index in [9.17, 15) is 0 Å². The lowest BCUT2D eigenvalue weighted by Gasteiger charge is -1.98. The van der Waals surface area contributed by atoms with Gasteiger partial charge in [-0.05, 0) is 30.8 Å². The van der Waals surface area contributed by atoms with E-state index in [-0.39, 0.29) is 0 Å². The number of fused-ring (bicyclic) bond motifs is 1. The summed E-state index contributed by atoms with van der Waals surface area (Å²) in [6.07, 6.45) is 2.65. The van der Waals surface area contributed by atoms with Crippen molar-refractivity contribution >= 4 is 18.1 Å². The summed E-state index contributed by atoms with van der Waals surface area (Å²) in [5.74, 6) is 0. The molecule has 1 aromatic heterocycles. The maximum absolute atomic E-state index is 8.80. The second-order valence-electron chi connectivity index (χ2n) is 3.73. The van der Waals surface area contributed by atoms with Crippen molar-refractivity contribution in [1.82, 2.24) is 0 Å². The zero-order chi connectivity index (χ0) is 10.8. The molecule has 0 saturated heterocycles. The van der Waals surface area contributed by atoms with Crippen molar-refractivity contribution in [3.05, 3.63) is 35.6 Å². The van der Waals surface area contributed by atoms with Crippen LogP contribution in [0.15, 0.2) is 28.9 Å². The third-order valence-corrected chi connectivity index (χ3v) is 2.55. The van der Waals surface area contributed by atoms with Crippen molar-refractivity contribution in [3.8, 4) is 0 Å². The lowest BCUT2D eigenvalue weighted by molar-refractivity contribution is 0.405. The summed E-state index contributed by atoms with van der Waals surface area (Å²) in [4.78, 5) is 0. The minimum Gasteiger partial charge on any atom is -0.464 e. The van der Waals surface area contributed by atoms with Gasteiger partial charge in [-0.3, -0.25) is 0 Å². The molecule has 0 unspecified atom stereocenters. The van der Waals surface area contributed by atoms with Gasteiger partial charge in [0.05, 0.1) is 6.26 Å². The molecule has 4 heteroatoms. The zero-order valence-corrected chi connectivity index (χ0v) is 8.60. The maximum Gasteiger partial charge on any atom is 0.451 e. The minimum atomic E-state index is -1.25. The third-order valence-electron chi connectivity index (χ3n) is 2.55. The summed E-state index contributed by atoms with van der Waals surface area (Å²) < 4.78 is 5.45. The average Bonchev–Trinajstić information content (AvgIpc) is 2.59. The van der Waals surface area contributed by atoms with Crippen LogP contribution in [-0.2, 0) is 6.42 Å². The Labute approximate surface area is 88.5 Å². The van der Waals surface area contributed by atoms with Crippen molar-refractivity contribution in [2.75, 3.05) is 0 Å². The molecule has 2 rings (SSSR count). The van der Waals surface area contributed by atoms with Gasteiger partial charge in [-0.1, -0.05) is 18.2 Å². The van der Waals surface area contributed by atoms with Crippen LogP contribution < -0.4 is 0 Å². The van der Waals surface area contributed by atoms with Crippen molar-refractivity contribution in [2.45, 2.75) is 19.7 Å². The highest BCUT2D eigenvalue weighted by Gasteiger charge is 2.11. The molecular weight excluding hydrogens is 191 g/mol. The van der Waals surface area contributed by atoms with E-state index < -0.39 is 7.12 Å². The molecule has 1 aromatic carbocycles. The molecule has 1 heterocycles. The minimum absolute atomic E-state index is 0.336. The van der Waals surface area contributed by atoms with Crippen molar-refractivity contribution in [2.24, 2.45) is 0 Å². The van der Waals surface area contributed by atoms with Gasteiger partial charge in [-0.2, -0.15) is 0 Å². The topological polar surface area (TPSA) is 53.6 Å². The van der Waals surface area contributed by atoms with E-state index in [1.54, 1.807) is 6.26 Å². The maximum atomic E-state index is 8.80. The predicted octanol–water partition coefficient (Wildman–Crippen LogP) is 1.76. The van der Waals surface area contributed by atoms with E-state index in [1.807, 2.05) is 25.1 Å². The highest BCUT2D eigenvalue weighted by Crippen LogP contribution is 2.25. The van der Waals surface area contributed by atoms with E-state index >= 15 is 0 Å². The first-order chi connectivity index (χ1) is 7.18. The van der Waals surface area contributed by atoms with Gasteiger partial charge in [-0.15, -0.1) is 0 Å².